The number of nitrogens with zero attached hydrogens (tertiary/aromatic N) is 3. The van der Waals surface area contributed by atoms with Crippen LogP contribution in [-0.2, 0) is 6.42 Å². The first-order chi connectivity index (χ1) is 15.0. The molecule has 0 aliphatic carbocycles. The summed E-state index contributed by atoms with van der Waals surface area (Å²) >= 11 is 0. The predicted octanol–water partition coefficient (Wildman–Crippen LogP) is 3.89. The van der Waals surface area contributed by atoms with E-state index >= 15 is 0 Å². The van der Waals surface area contributed by atoms with Crippen LogP contribution in [0.25, 0.3) is 11.5 Å². The minimum atomic E-state index is -0.204. The number of hydrogen-bond acceptors (Lipinski definition) is 5. The molecular formula is C23H27N5O3. The molecule has 162 valence electrons. The molecule has 0 aliphatic heterocycles. The van der Waals surface area contributed by atoms with E-state index in [1.807, 2.05) is 38.1 Å². The number of carbonyl (C=O) groups is 2. The van der Waals surface area contributed by atoms with E-state index in [1.165, 1.54) is 0 Å². The van der Waals surface area contributed by atoms with E-state index in [2.05, 4.69) is 20.8 Å². The maximum absolute atomic E-state index is 12.3. The van der Waals surface area contributed by atoms with Crippen molar-refractivity contribution in [2.24, 2.45) is 0 Å². The molecule has 31 heavy (non-hydrogen) atoms. The highest BCUT2D eigenvalue weighted by Gasteiger charge is 2.13. The Morgan fingerprint density at radius 2 is 1.77 bits per heavy atom. The lowest BCUT2D eigenvalue weighted by Crippen LogP contribution is -2.33. The van der Waals surface area contributed by atoms with Gasteiger partial charge in [-0.2, -0.15) is 4.98 Å². The third kappa shape index (κ3) is 6.15. The number of rotatable bonds is 8. The highest BCUT2D eigenvalue weighted by Crippen LogP contribution is 2.18. The van der Waals surface area contributed by atoms with Crippen molar-refractivity contribution < 1.29 is 14.1 Å². The van der Waals surface area contributed by atoms with Crippen LogP contribution in [-0.4, -0.2) is 47.1 Å². The number of benzene rings is 2. The molecule has 0 unspecified atom stereocenters. The van der Waals surface area contributed by atoms with Crippen molar-refractivity contribution in [1.82, 2.24) is 20.4 Å². The lowest BCUT2D eigenvalue weighted by molar-refractivity contribution is 0.0953. The van der Waals surface area contributed by atoms with E-state index in [4.69, 9.17) is 4.52 Å². The average Bonchev–Trinajstić information content (AvgIpc) is 3.26. The Bertz CT molecular complexity index is 1010. The van der Waals surface area contributed by atoms with Crippen molar-refractivity contribution in [3.05, 3.63) is 65.5 Å². The monoisotopic (exact) mass is 421 g/mol. The average molecular weight is 422 g/mol. The van der Waals surface area contributed by atoms with Crippen LogP contribution >= 0.6 is 0 Å². The SMILES string of the molecule is CCCNC(=O)c1ccc(-c2nc(CCN(C)C(=O)Nc3ccc(C)cc3)no2)cc1. The number of anilines is 1. The van der Waals surface area contributed by atoms with Crippen LogP contribution in [0.15, 0.2) is 53.1 Å². The van der Waals surface area contributed by atoms with E-state index in [0.29, 0.717) is 36.8 Å². The summed E-state index contributed by atoms with van der Waals surface area (Å²) in [5.74, 6) is 0.781. The lowest BCUT2D eigenvalue weighted by Gasteiger charge is -2.17. The highest BCUT2D eigenvalue weighted by molar-refractivity contribution is 5.94. The summed E-state index contributed by atoms with van der Waals surface area (Å²) < 4.78 is 5.33. The molecular weight excluding hydrogens is 394 g/mol. The number of hydrogen-bond donors (Lipinski definition) is 2. The maximum Gasteiger partial charge on any atom is 0.321 e. The van der Waals surface area contributed by atoms with Gasteiger partial charge in [-0.25, -0.2) is 4.79 Å². The van der Waals surface area contributed by atoms with Gasteiger partial charge in [0.25, 0.3) is 11.8 Å². The van der Waals surface area contributed by atoms with E-state index in [9.17, 15) is 9.59 Å². The molecule has 0 aliphatic rings. The number of amides is 3. The van der Waals surface area contributed by atoms with E-state index < -0.39 is 0 Å². The van der Waals surface area contributed by atoms with Gasteiger partial charge in [-0.15, -0.1) is 0 Å². The third-order valence-electron chi connectivity index (χ3n) is 4.72. The minimum Gasteiger partial charge on any atom is -0.352 e. The van der Waals surface area contributed by atoms with Crippen LogP contribution in [0.2, 0.25) is 0 Å². The number of aryl methyl sites for hydroxylation is 1. The number of carbonyl (C=O) groups excluding carboxylic acids is 2. The van der Waals surface area contributed by atoms with Crippen LogP contribution < -0.4 is 10.6 Å². The van der Waals surface area contributed by atoms with Gasteiger partial charge < -0.3 is 20.1 Å². The van der Waals surface area contributed by atoms with Crippen molar-refractivity contribution in [3.8, 4) is 11.5 Å². The highest BCUT2D eigenvalue weighted by atomic mass is 16.5. The van der Waals surface area contributed by atoms with Gasteiger partial charge in [0.15, 0.2) is 5.82 Å². The van der Waals surface area contributed by atoms with Crippen LogP contribution in [0.1, 0.15) is 35.1 Å². The molecule has 0 saturated carbocycles. The van der Waals surface area contributed by atoms with Crippen LogP contribution in [0.5, 0.6) is 0 Å². The van der Waals surface area contributed by atoms with E-state index in [-0.39, 0.29) is 11.9 Å². The molecule has 0 radical (unpaired) electrons. The van der Waals surface area contributed by atoms with Crippen molar-refractivity contribution in [2.75, 3.05) is 25.5 Å². The van der Waals surface area contributed by atoms with Gasteiger partial charge >= 0.3 is 6.03 Å². The fraction of sp³-hybridized carbons (Fsp3) is 0.304. The molecule has 0 bridgehead atoms. The summed E-state index contributed by atoms with van der Waals surface area (Å²) in [5.41, 5.74) is 3.19. The standard InChI is InChI=1S/C23H27N5O3/c1-4-14-24-21(29)17-7-9-18(10-8-17)22-26-20(27-31-22)13-15-28(3)23(30)25-19-11-5-16(2)6-12-19/h5-12H,4,13-15H2,1-3H3,(H,24,29)(H,25,30). The van der Waals surface area contributed by atoms with E-state index in [0.717, 1.165) is 23.2 Å². The van der Waals surface area contributed by atoms with Gasteiger partial charge in [-0.1, -0.05) is 29.8 Å². The van der Waals surface area contributed by atoms with Gasteiger partial charge in [0, 0.05) is 43.4 Å². The quantitative estimate of drug-likeness (QED) is 0.575. The molecule has 1 aromatic heterocycles. The Morgan fingerprint density at radius 3 is 2.45 bits per heavy atom. The third-order valence-corrected chi connectivity index (χ3v) is 4.72. The lowest BCUT2D eigenvalue weighted by atomic mass is 10.1. The van der Waals surface area contributed by atoms with Crippen molar-refractivity contribution in [1.29, 1.82) is 0 Å². The number of likely N-dealkylation sites (N-methyl/N-ethyl adjacent to an activating group) is 1. The van der Waals surface area contributed by atoms with Gasteiger partial charge in [-0.05, 0) is 49.7 Å². The Hall–Kier alpha value is -3.68. The molecule has 3 amide bonds. The Kier molecular flexibility index (Phi) is 7.37. The fourth-order valence-corrected chi connectivity index (χ4v) is 2.80. The first-order valence-corrected chi connectivity index (χ1v) is 10.3. The second-order valence-electron chi connectivity index (χ2n) is 7.32. The molecule has 8 nitrogen and oxygen atoms in total. The first-order valence-electron chi connectivity index (χ1n) is 10.3. The molecule has 3 rings (SSSR count). The van der Waals surface area contributed by atoms with Crippen LogP contribution in [0, 0.1) is 6.92 Å². The van der Waals surface area contributed by atoms with Crippen LogP contribution in [0.3, 0.4) is 0 Å². The summed E-state index contributed by atoms with van der Waals surface area (Å²) in [6, 6.07) is 14.4. The zero-order valence-corrected chi connectivity index (χ0v) is 18.0. The molecule has 0 fully saturated rings. The second-order valence-corrected chi connectivity index (χ2v) is 7.32. The molecule has 8 heteroatoms. The Labute approximate surface area is 181 Å². The Balaban J connectivity index is 1.53. The zero-order chi connectivity index (χ0) is 22.2. The van der Waals surface area contributed by atoms with Crippen molar-refractivity contribution in [2.45, 2.75) is 26.7 Å². The smallest absolute Gasteiger partial charge is 0.321 e. The minimum absolute atomic E-state index is 0.105. The molecule has 0 atom stereocenters. The summed E-state index contributed by atoms with van der Waals surface area (Å²) in [5, 5.41) is 9.68. The normalized spacial score (nSPS) is 10.5. The summed E-state index contributed by atoms with van der Waals surface area (Å²) in [6.45, 7) is 5.08. The number of nitrogens with one attached hydrogen (secondary N) is 2. The van der Waals surface area contributed by atoms with Crippen LogP contribution in [0.4, 0.5) is 10.5 Å². The molecule has 1 heterocycles. The molecule has 2 N–H and O–H groups in total. The van der Waals surface area contributed by atoms with Gasteiger partial charge in [0.05, 0.1) is 0 Å². The van der Waals surface area contributed by atoms with Crippen molar-refractivity contribution in [3.63, 3.8) is 0 Å². The second kappa shape index (κ2) is 10.4. The van der Waals surface area contributed by atoms with Crippen molar-refractivity contribution >= 4 is 17.6 Å². The van der Waals surface area contributed by atoms with Gasteiger partial charge in [0.1, 0.15) is 0 Å². The summed E-state index contributed by atoms with van der Waals surface area (Å²) in [6.07, 6.45) is 1.34. The summed E-state index contributed by atoms with van der Waals surface area (Å²) in [7, 11) is 1.72. The maximum atomic E-state index is 12.3. The Morgan fingerprint density at radius 1 is 1.06 bits per heavy atom. The topological polar surface area (TPSA) is 100 Å². The molecule has 0 spiro atoms. The largest absolute Gasteiger partial charge is 0.352 e. The van der Waals surface area contributed by atoms with Gasteiger partial charge in [-0.3, -0.25) is 4.79 Å². The first kappa shape index (κ1) is 22.0. The summed E-state index contributed by atoms with van der Waals surface area (Å²) in [4.78, 5) is 30.3. The molecule has 3 aromatic rings. The van der Waals surface area contributed by atoms with Gasteiger partial charge in [0.2, 0.25) is 0 Å². The van der Waals surface area contributed by atoms with E-state index in [1.54, 1.807) is 36.2 Å². The predicted molar refractivity (Wildman–Crippen MR) is 119 cm³/mol. The number of urea groups is 1. The molecule has 2 aromatic carbocycles. The fourth-order valence-electron chi connectivity index (χ4n) is 2.80. The number of aromatic nitrogens is 2. The zero-order valence-electron chi connectivity index (χ0n) is 18.0. The molecule has 0 saturated heterocycles.